The van der Waals surface area contributed by atoms with Gasteiger partial charge in [-0.3, -0.25) is 4.79 Å². The van der Waals surface area contributed by atoms with Gasteiger partial charge in [0.1, 0.15) is 0 Å². The molecule has 0 spiro atoms. The lowest BCUT2D eigenvalue weighted by Gasteiger charge is -2.23. The second-order valence-corrected chi connectivity index (χ2v) is 6.62. The minimum Gasteiger partial charge on any atom is -0.390 e. The molecule has 0 aliphatic heterocycles. The van der Waals surface area contributed by atoms with Gasteiger partial charge in [-0.05, 0) is 42.6 Å². The molecule has 0 saturated carbocycles. The molecule has 140 valence electrons. The van der Waals surface area contributed by atoms with Crippen LogP contribution in [0.5, 0.6) is 0 Å². The summed E-state index contributed by atoms with van der Waals surface area (Å²) in [7, 11) is 0. The number of hydrogen-bond acceptors (Lipinski definition) is 3. The molecule has 0 aromatic heterocycles. The zero-order valence-corrected chi connectivity index (χ0v) is 16.0. The van der Waals surface area contributed by atoms with Gasteiger partial charge >= 0.3 is 0 Å². The molecule has 0 fully saturated rings. The number of nitrogens with one attached hydrogen (secondary N) is 1. The average Bonchev–Trinajstić information content (AvgIpc) is 2.73. The van der Waals surface area contributed by atoms with E-state index in [0.717, 1.165) is 22.1 Å². The molecule has 0 aliphatic rings. The van der Waals surface area contributed by atoms with E-state index >= 15 is 0 Å². The topological polar surface area (TPSA) is 52.6 Å². The van der Waals surface area contributed by atoms with Gasteiger partial charge in [0.25, 0.3) is 5.91 Å². The summed E-state index contributed by atoms with van der Waals surface area (Å²) >= 11 is 5.60. The van der Waals surface area contributed by atoms with Gasteiger partial charge in [0.2, 0.25) is 0 Å². The minimum atomic E-state index is -0.602. The van der Waals surface area contributed by atoms with E-state index in [0.29, 0.717) is 18.7 Å². The van der Waals surface area contributed by atoms with Gasteiger partial charge in [-0.15, -0.1) is 11.6 Å². The van der Waals surface area contributed by atoms with Crippen molar-refractivity contribution >= 4 is 39.7 Å². The molecule has 5 heteroatoms. The molecule has 4 nitrogen and oxygen atoms in total. The fraction of sp³-hybridized carbons (Fsp3) is 0.227. The molecule has 0 heterocycles. The number of carbonyl (C=O) groups is 1. The van der Waals surface area contributed by atoms with E-state index in [-0.39, 0.29) is 11.8 Å². The zero-order valence-electron chi connectivity index (χ0n) is 15.2. The molecule has 0 aliphatic carbocycles. The van der Waals surface area contributed by atoms with E-state index in [2.05, 4.69) is 5.32 Å². The molecule has 0 radical (unpaired) electrons. The van der Waals surface area contributed by atoms with Crippen LogP contribution in [-0.2, 0) is 0 Å². The highest BCUT2D eigenvalue weighted by molar-refractivity contribution is 6.18. The molecule has 3 rings (SSSR count). The molecule has 2 N–H and O–H groups in total. The monoisotopic (exact) mass is 382 g/mol. The Morgan fingerprint density at radius 3 is 2.48 bits per heavy atom. The summed E-state index contributed by atoms with van der Waals surface area (Å²) in [5.74, 6) is 0.140. The van der Waals surface area contributed by atoms with Crippen LogP contribution in [-0.4, -0.2) is 36.1 Å². The smallest absolute Gasteiger partial charge is 0.258 e. The van der Waals surface area contributed by atoms with Crippen LogP contribution in [0.1, 0.15) is 17.3 Å². The number of aliphatic hydroxyl groups excluding tert-OH is 1. The Labute approximate surface area is 164 Å². The van der Waals surface area contributed by atoms with Gasteiger partial charge in [0.05, 0.1) is 17.7 Å². The van der Waals surface area contributed by atoms with Crippen molar-refractivity contribution in [2.45, 2.75) is 13.0 Å². The van der Waals surface area contributed by atoms with Gasteiger partial charge in [-0.1, -0.05) is 36.4 Å². The third kappa shape index (κ3) is 4.41. The Morgan fingerprint density at radius 2 is 1.78 bits per heavy atom. The van der Waals surface area contributed by atoms with Gasteiger partial charge < -0.3 is 15.3 Å². The predicted octanol–water partition coefficient (Wildman–Crippen LogP) is 4.52. The largest absolute Gasteiger partial charge is 0.390 e. The van der Waals surface area contributed by atoms with Crippen molar-refractivity contribution < 1.29 is 9.90 Å². The molecule has 1 atom stereocenters. The normalized spacial score (nSPS) is 12.0. The van der Waals surface area contributed by atoms with Crippen LogP contribution < -0.4 is 10.2 Å². The lowest BCUT2D eigenvalue weighted by atomic mass is 10.1. The fourth-order valence-electron chi connectivity index (χ4n) is 3.04. The summed E-state index contributed by atoms with van der Waals surface area (Å²) in [4.78, 5) is 14.9. The number of alkyl halides is 1. The van der Waals surface area contributed by atoms with E-state index in [4.69, 9.17) is 11.6 Å². The van der Waals surface area contributed by atoms with Crippen molar-refractivity contribution in [3.63, 3.8) is 0 Å². The molecule has 3 aromatic rings. The van der Waals surface area contributed by atoms with Gasteiger partial charge in [-0.2, -0.15) is 0 Å². The first-order chi connectivity index (χ1) is 13.1. The number of amides is 1. The molecule has 1 amide bonds. The molecule has 1 unspecified atom stereocenters. The molecule has 3 aromatic carbocycles. The Balaban J connectivity index is 1.82. The van der Waals surface area contributed by atoms with E-state index in [1.807, 2.05) is 61.5 Å². The summed E-state index contributed by atoms with van der Waals surface area (Å²) in [6, 6.07) is 21.3. The second kappa shape index (κ2) is 8.89. The van der Waals surface area contributed by atoms with E-state index in [1.165, 1.54) is 0 Å². The van der Waals surface area contributed by atoms with Gasteiger partial charge in [-0.25, -0.2) is 0 Å². The first-order valence-electron chi connectivity index (χ1n) is 9.01. The van der Waals surface area contributed by atoms with E-state index in [1.54, 1.807) is 17.0 Å². The van der Waals surface area contributed by atoms with Crippen LogP contribution >= 0.6 is 11.6 Å². The Morgan fingerprint density at radius 1 is 1.07 bits per heavy atom. The second-order valence-electron chi connectivity index (χ2n) is 6.31. The Kier molecular flexibility index (Phi) is 6.32. The van der Waals surface area contributed by atoms with E-state index < -0.39 is 6.10 Å². The van der Waals surface area contributed by atoms with Gasteiger partial charge in [0, 0.05) is 29.7 Å². The van der Waals surface area contributed by atoms with Crippen LogP contribution in [0.25, 0.3) is 10.8 Å². The van der Waals surface area contributed by atoms with Crippen molar-refractivity contribution in [2.24, 2.45) is 0 Å². The minimum absolute atomic E-state index is 0.0406. The van der Waals surface area contributed by atoms with Crippen molar-refractivity contribution in [3.05, 3.63) is 72.3 Å². The summed E-state index contributed by atoms with van der Waals surface area (Å²) in [6.45, 7) is 2.92. The predicted molar refractivity (Wildman–Crippen MR) is 113 cm³/mol. The maximum Gasteiger partial charge on any atom is 0.258 e. The van der Waals surface area contributed by atoms with Crippen molar-refractivity contribution in [2.75, 3.05) is 29.2 Å². The molecule has 0 saturated heterocycles. The summed E-state index contributed by atoms with van der Waals surface area (Å²) in [6.07, 6.45) is -0.602. The lowest BCUT2D eigenvalue weighted by Crippen LogP contribution is -2.30. The number of rotatable bonds is 7. The first kappa shape index (κ1) is 19.2. The molecular weight excluding hydrogens is 360 g/mol. The third-order valence-corrected chi connectivity index (χ3v) is 4.83. The number of hydrogen-bond donors (Lipinski definition) is 2. The van der Waals surface area contributed by atoms with Crippen LogP contribution in [0.4, 0.5) is 11.4 Å². The number of aliphatic hydroxyl groups is 1. The van der Waals surface area contributed by atoms with Crippen LogP contribution in [0.2, 0.25) is 0 Å². The summed E-state index contributed by atoms with van der Waals surface area (Å²) in [5.41, 5.74) is 2.37. The van der Waals surface area contributed by atoms with Gasteiger partial charge in [0.15, 0.2) is 0 Å². The number of benzene rings is 3. The number of fused-ring (bicyclic) bond motifs is 1. The highest BCUT2D eigenvalue weighted by Gasteiger charge is 2.18. The highest BCUT2D eigenvalue weighted by atomic mass is 35.5. The zero-order chi connectivity index (χ0) is 19.2. The highest BCUT2D eigenvalue weighted by Crippen LogP contribution is 2.28. The maximum atomic E-state index is 13.1. The standard InChI is InChI=1S/C22H23ClN2O2/c1-2-25(21-9-5-7-16-6-3-4-8-20(16)21)22(27)17-10-12-18(13-11-17)24-15-19(26)14-23/h3-13,19,24,26H,2,14-15H2,1H3. The number of carbonyl (C=O) groups excluding carboxylic acids is 1. The quantitative estimate of drug-likeness (QED) is 0.591. The lowest BCUT2D eigenvalue weighted by molar-refractivity contribution is 0.0988. The SMILES string of the molecule is CCN(C(=O)c1ccc(NCC(O)CCl)cc1)c1cccc2ccccc12. The van der Waals surface area contributed by atoms with Crippen LogP contribution in [0.15, 0.2) is 66.7 Å². The Bertz CT molecular complexity index is 906. The average molecular weight is 383 g/mol. The van der Waals surface area contributed by atoms with Crippen molar-refractivity contribution in [3.8, 4) is 0 Å². The fourth-order valence-corrected chi connectivity index (χ4v) is 3.15. The van der Waals surface area contributed by atoms with Crippen LogP contribution in [0.3, 0.4) is 0 Å². The number of anilines is 2. The summed E-state index contributed by atoms with van der Waals surface area (Å²) < 4.78 is 0. The molecule has 27 heavy (non-hydrogen) atoms. The molecule has 0 bridgehead atoms. The van der Waals surface area contributed by atoms with E-state index in [9.17, 15) is 9.90 Å². The third-order valence-electron chi connectivity index (χ3n) is 4.47. The number of halogens is 1. The first-order valence-corrected chi connectivity index (χ1v) is 9.55. The molecular formula is C22H23ClN2O2. The van der Waals surface area contributed by atoms with Crippen molar-refractivity contribution in [1.82, 2.24) is 0 Å². The summed E-state index contributed by atoms with van der Waals surface area (Å²) in [5, 5.41) is 14.8. The van der Waals surface area contributed by atoms with Crippen molar-refractivity contribution in [1.29, 1.82) is 0 Å². The van der Waals surface area contributed by atoms with Crippen LogP contribution in [0, 0.1) is 0 Å². The maximum absolute atomic E-state index is 13.1. The Hall–Kier alpha value is -2.56. The number of nitrogens with zero attached hydrogens (tertiary/aromatic N) is 1.